The summed E-state index contributed by atoms with van der Waals surface area (Å²) in [6.07, 6.45) is 2.03. The number of halogens is 2. The predicted octanol–water partition coefficient (Wildman–Crippen LogP) is 4.89. The molecule has 0 radical (unpaired) electrons. The van der Waals surface area contributed by atoms with E-state index >= 15 is 0 Å². The Morgan fingerprint density at radius 2 is 2.00 bits per heavy atom. The van der Waals surface area contributed by atoms with Crippen LogP contribution in [0.2, 0.25) is 10.0 Å². The minimum Gasteiger partial charge on any atom is -0.484 e. The third-order valence-electron chi connectivity index (χ3n) is 4.56. The second-order valence-electron chi connectivity index (χ2n) is 6.75. The van der Waals surface area contributed by atoms with Crippen molar-refractivity contribution in [2.45, 2.75) is 32.4 Å². The lowest BCUT2D eigenvalue weighted by Crippen LogP contribution is -2.39. The molecule has 0 spiro atoms. The van der Waals surface area contributed by atoms with Gasteiger partial charge in [-0.3, -0.25) is 4.79 Å². The van der Waals surface area contributed by atoms with E-state index in [0.717, 1.165) is 30.6 Å². The van der Waals surface area contributed by atoms with Crippen LogP contribution in [0, 0.1) is 6.92 Å². The van der Waals surface area contributed by atoms with Gasteiger partial charge in [0.2, 0.25) is 0 Å². The van der Waals surface area contributed by atoms with E-state index in [0.29, 0.717) is 28.9 Å². The van der Waals surface area contributed by atoms with Crippen LogP contribution in [0.3, 0.4) is 0 Å². The van der Waals surface area contributed by atoms with E-state index in [9.17, 15) is 4.79 Å². The van der Waals surface area contributed by atoms with Crippen LogP contribution in [0.15, 0.2) is 42.5 Å². The quantitative estimate of drug-likeness (QED) is 0.655. The van der Waals surface area contributed by atoms with E-state index in [1.165, 1.54) is 0 Å². The molecule has 0 unspecified atom stereocenters. The Bertz CT molecular complexity index is 773. The molecule has 1 aliphatic rings. The Morgan fingerprint density at radius 3 is 2.67 bits per heavy atom. The van der Waals surface area contributed by atoms with Crippen molar-refractivity contribution < 1.29 is 14.3 Å². The van der Waals surface area contributed by atoms with Gasteiger partial charge in [0.15, 0.2) is 6.61 Å². The maximum absolute atomic E-state index is 12.8. The number of ether oxygens (including phenoxy) is 2. The molecule has 1 atom stereocenters. The van der Waals surface area contributed by atoms with Crippen LogP contribution in [0.1, 0.15) is 24.0 Å². The zero-order chi connectivity index (χ0) is 19.2. The van der Waals surface area contributed by atoms with Gasteiger partial charge < -0.3 is 14.4 Å². The van der Waals surface area contributed by atoms with E-state index in [2.05, 4.69) is 0 Å². The van der Waals surface area contributed by atoms with Crippen molar-refractivity contribution in [1.29, 1.82) is 0 Å². The summed E-state index contributed by atoms with van der Waals surface area (Å²) in [5.74, 6) is 0.577. The van der Waals surface area contributed by atoms with Crippen LogP contribution in [-0.4, -0.2) is 36.7 Å². The molecule has 1 amide bonds. The number of nitrogens with zero attached hydrogens (tertiary/aromatic N) is 1. The average Bonchev–Trinajstić information content (AvgIpc) is 3.15. The zero-order valence-corrected chi connectivity index (χ0v) is 16.8. The molecule has 0 N–H and O–H groups in total. The first-order chi connectivity index (χ1) is 13.0. The van der Waals surface area contributed by atoms with Crippen molar-refractivity contribution in [2.24, 2.45) is 0 Å². The smallest absolute Gasteiger partial charge is 0.260 e. The van der Waals surface area contributed by atoms with Gasteiger partial charge in [-0.2, -0.15) is 0 Å². The second kappa shape index (κ2) is 9.45. The van der Waals surface area contributed by atoms with Gasteiger partial charge in [0, 0.05) is 29.7 Å². The molecule has 4 nitrogen and oxygen atoms in total. The first kappa shape index (κ1) is 20.0. The molecule has 0 bridgehead atoms. The highest BCUT2D eigenvalue weighted by molar-refractivity contribution is 6.35. The maximum atomic E-state index is 12.8. The molecule has 2 aromatic rings. The fraction of sp³-hybridized carbons (Fsp3) is 0.381. The zero-order valence-electron chi connectivity index (χ0n) is 15.3. The molecule has 1 heterocycles. The topological polar surface area (TPSA) is 38.8 Å². The van der Waals surface area contributed by atoms with Gasteiger partial charge in [0.05, 0.1) is 6.10 Å². The molecule has 2 aromatic carbocycles. The van der Waals surface area contributed by atoms with Gasteiger partial charge in [0.25, 0.3) is 5.91 Å². The minimum absolute atomic E-state index is 0.0268. The summed E-state index contributed by atoms with van der Waals surface area (Å²) in [5, 5.41) is 1.12. The number of hydrogen-bond donors (Lipinski definition) is 0. The Hall–Kier alpha value is -1.75. The van der Waals surface area contributed by atoms with Gasteiger partial charge in [0.1, 0.15) is 5.75 Å². The fourth-order valence-corrected chi connectivity index (χ4v) is 3.48. The molecule has 3 rings (SSSR count). The first-order valence-corrected chi connectivity index (χ1v) is 9.79. The van der Waals surface area contributed by atoms with Crippen molar-refractivity contribution in [3.63, 3.8) is 0 Å². The highest BCUT2D eigenvalue weighted by atomic mass is 35.5. The first-order valence-electron chi connectivity index (χ1n) is 9.04. The Balaban J connectivity index is 1.67. The summed E-state index contributed by atoms with van der Waals surface area (Å²) in [7, 11) is 0. The molecule has 0 aliphatic carbocycles. The summed E-state index contributed by atoms with van der Waals surface area (Å²) < 4.78 is 11.4. The number of hydrogen-bond acceptors (Lipinski definition) is 3. The van der Waals surface area contributed by atoms with Crippen LogP contribution in [0.25, 0.3) is 0 Å². The van der Waals surface area contributed by atoms with Crippen LogP contribution in [-0.2, 0) is 16.1 Å². The van der Waals surface area contributed by atoms with Crippen LogP contribution in [0.4, 0.5) is 0 Å². The van der Waals surface area contributed by atoms with Crippen molar-refractivity contribution in [3.05, 3.63) is 63.6 Å². The largest absolute Gasteiger partial charge is 0.484 e. The molecule has 1 fully saturated rings. The molecule has 0 saturated carbocycles. The Morgan fingerprint density at radius 1 is 1.22 bits per heavy atom. The Labute approximate surface area is 170 Å². The highest BCUT2D eigenvalue weighted by Gasteiger charge is 2.23. The van der Waals surface area contributed by atoms with Crippen molar-refractivity contribution in [1.82, 2.24) is 4.90 Å². The lowest BCUT2D eigenvalue weighted by atomic mass is 10.1. The molecular formula is C21H23Cl2NO3. The van der Waals surface area contributed by atoms with E-state index in [-0.39, 0.29) is 18.6 Å². The van der Waals surface area contributed by atoms with E-state index in [4.69, 9.17) is 32.7 Å². The summed E-state index contributed by atoms with van der Waals surface area (Å²) in [4.78, 5) is 14.6. The van der Waals surface area contributed by atoms with Gasteiger partial charge in [-0.1, -0.05) is 47.0 Å². The molecule has 0 aromatic heterocycles. The summed E-state index contributed by atoms with van der Waals surface area (Å²) in [6.45, 7) is 3.64. The fourth-order valence-electron chi connectivity index (χ4n) is 3.02. The third-order valence-corrected chi connectivity index (χ3v) is 5.15. The lowest BCUT2D eigenvalue weighted by Gasteiger charge is -2.26. The van der Waals surface area contributed by atoms with Crippen LogP contribution < -0.4 is 4.74 Å². The lowest BCUT2D eigenvalue weighted by molar-refractivity contribution is -0.135. The number of rotatable bonds is 7. The number of amides is 1. The summed E-state index contributed by atoms with van der Waals surface area (Å²) in [5.41, 5.74) is 1.99. The second-order valence-corrected chi connectivity index (χ2v) is 7.59. The molecule has 144 valence electrons. The Kier molecular flexibility index (Phi) is 7.00. The van der Waals surface area contributed by atoms with Crippen LogP contribution in [0.5, 0.6) is 5.75 Å². The number of benzene rings is 2. The van der Waals surface area contributed by atoms with Crippen molar-refractivity contribution >= 4 is 29.1 Å². The van der Waals surface area contributed by atoms with Crippen molar-refractivity contribution in [2.75, 3.05) is 19.8 Å². The molecule has 27 heavy (non-hydrogen) atoms. The third kappa shape index (κ3) is 5.86. The average molecular weight is 408 g/mol. The van der Waals surface area contributed by atoms with E-state index < -0.39 is 0 Å². The number of carbonyl (C=O) groups excluding carboxylic acids is 1. The monoisotopic (exact) mass is 407 g/mol. The highest BCUT2D eigenvalue weighted by Crippen LogP contribution is 2.23. The summed E-state index contributed by atoms with van der Waals surface area (Å²) >= 11 is 12.3. The summed E-state index contributed by atoms with van der Waals surface area (Å²) in [6, 6.07) is 13.0. The number of carbonyl (C=O) groups is 1. The van der Waals surface area contributed by atoms with E-state index in [1.54, 1.807) is 17.0 Å². The normalized spacial score (nSPS) is 16.3. The van der Waals surface area contributed by atoms with E-state index in [1.807, 2.05) is 37.3 Å². The minimum atomic E-state index is -0.0999. The predicted molar refractivity (Wildman–Crippen MR) is 108 cm³/mol. The molecular weight excluding hydrogens is 385 g/mol. The standard InChI is InChI=1S/C21H23Cl2NO3/c1-15-4-8-18(9-5-15)27-14-21(25)24(13-19-3-2-10-26-19)12-16-6-7-17(22)11-20(16)23/h4-9,11,19H,2-3,10,12-14H2,1H3/t19-/m1/s1. The number of aryl methyl sites for hydroxylation is 1. The SMILES string of the molecule is Cc1ccc(OCC(=O)N(Cc2ccc(Cl)cc2Cl)C[C@H]2CCCO2)cc1. The van der Waals surface area contributed by atoms with Crippen molar-refractivity contribution in [3.8, 4) is 5.75 Å². The van der Waals surface area contributed by atoms with Gasteiger partial charge >= 0.3 is 0 Å². The maximum Gasteiger partial charge on any atom is 0.260 e. The van der Waals surface area contributed by atoms with Gasteiger partial charge in [-0.15, -0.1) is 0 Å². The molecule has 6 heteroatoms. The molecule has 1 saturated heterocycles. The van der Waals surface area contributed by atoms with Crippen LogP contribution >= 0.6 is 23.2 Å². The van der Waals surface area contributed by atoms with Gasteiger partial charge in [-0.25, -0.2) is 0 Å². The molecule has 1 aliphatic heterocycles. The van der Waals surface area contributed by atoms with Gasteiger partial charge in [-0.05, 0) is 49.6 Å².